The van der Waals surface area contributed by atoms with E-state index < -0.39 is 15.9 Å². The monoisotopic (exact) mass is 236 g/mol. The van der Waals surface area contributed by atoms with Crippen LogP contribution in [-0.2, 0) is 9.84 Å². The standard InChI is InChI=1S/C9H20N2O3S/c1-10-5-9(12)6-11(2)8-3-4-15(13,14)7-8/h8-10,12H,3-7H2,1-2H3. The normalized spacial score (nSPS) is 27.1. The molecule has 2 unspecified atom stereocenters. The number of likely N-dealkylation sites (N-methyl/N-ethyl adjacent to an activating group) is 2. The van der Waals surface area contributed by atoms with Crippen LogP contribution in [0.3, 0.4) is 0 Å². The van der Waals surface area contributed by atoms with Gasteiger partial charge in [0.1, 0.15) is 0 Å². The van der Waals surface area contributed by atoms with Crippen LogP contribution in [0.2, 0.25) is 0 Å². The van der Waals surface area contributed by atoms with E-state index in [-0.39, 0.29) is 17.5 Å². The van der Waals surface area contributed by atoms with Crippen LogP contribution >= 0.6 is 0 Å². The number of nitrogens with zero attached hydrogens (tertiary/aromatic N) is 1. The summed E-state index contributed by atoms with van der Waals surface area (Å²) >= 11 is 0. The molecule has 5 nitrogen and oxygen atoms in total. The topological polar surface area (TPSA) is 69.6 Å². The van der Waals surface area contributed by atoms with Crippen LogP contribution in [0.15, 0.2) is 0 Å². The largest absolute Gasteiger partial charge is 0.390 e. The maximum absolute atomic E-state index is 11.3. The van der Waals surface area contributed by atoms with Crippen LogP contribution < -0.4 is 5.32 Å². The molecule has 1 fully saturated rings. The predicted molar refractivity (Wildman–Crippen MR) is 59.6 cm³/mol. The van der Waals surface area contributed by atoms with Crippen LogP contribution in [-0.4, -0.2) is 69.3 Å². The molecule has 1 aliphatic rings. The molecule has 2 atom stereocenters. The second-order valence-electron chi connectivity index (χ2n) is 4.21. The molecule has 0 bridgehead atoms. The molecular weight excluding hydrogens is 216 g/mol. The molecule has 0 radical (unpaired) electrons. The SMILES string of the molecule is CNCC(O)CN(C)C1CCS(=O)(=O)C1. The second kappa shape index (κ2) is 5.25. The molecule has 0 spiro atoms. The minimum atomic E-state index is -2.83. The molecule has 0 saturated carbocycles. The zero-order chi connectivity index (χ0) is 11.5. The Hall–Kier alpha value is -0.170. The third-order valence-corrected chi connectivity index (χ3v) is 4.52. The first-order chi connectivity index (χ1) is 6.94. The molecule has 0 aromatic rings. The molecule has 0 amide bonds. The van der Waals surface area contributed by atoms with Crippen molar-refractivity contribution in [3.05, 3.63) is 0 Å². The minimum absolute atomic E-state index is 0.0708. The average molecular weight is 236 g/mol. The van der Waals surface area contributed by atoms with Crippen molar-refractivity contribution in [2.75, 3.05) is 38.7 Å². The molecule has 0 aromatic carbocycles. The van der Waals surface area contributed by atoms with Gasteiger partial charge in [-0.2, -0.15) is 0 Å². The number of sulfone groups is 1. The lowest BCUT2D eigenvalue weighted by atomic mass is 10.2. The van der Waals surface area contributed by atoms with Gasteiger partial charge in [0.05, 0.1) is 17.6 Å². The zero-order valence-electron chi connectivity index (χ0n) is 9.31. The van der Waals surface area contributed by atoms with Gasteiger partial charge in [0.25, 0.3) is 0 Å². The van der Waals surface area contributed by atoms with Gasteiger partial charge in [-0.3, -0.25) is 4.90 Å². The lowest BCUT2D eigenvalue weighted by Crippen LogP contribution is -2.41. The zero-order valence-corrected chi connectivity index (χ0v) is 10.1. The highest BCUT2D eigenvalue weighted by Crippen LogP contribution is 2.16. The van der Waals surface area contributed by atoms with Crippen molar-refractivity contribution in [2.45, 2.75) is 18.6 Å². The van der Waals surface area contributed by atoms with Crippen molar-refractivity contribution in [3.8, 4) is 0 Å². The van der Waals surface area contributed by atoms with Gasteiger partial charge in [-0.1, -0.05) is 0 Å². The summed E-state index contributed by atoms with van der Waals surface area (Å²) in [7, 11) is 0.819. The highest BCUT2D eigenvalue weighted by molar-refractivity contribution is 7.91. The van der Waals surface area contributed by atoms with Gasteiger partial charge in [0.2, 0.25) is 0 Å². The summed E-state index contributed by atoms with van der Waals surface area (Å²) in [5, 5.41) is 12.4. The Morgan fingerprint density at radius 3 is 2.73 bits per heavy atom. The van der Waals surface area contributed by atoms with E-state index in [0.717, 1.165) is 0 Å². The van der Waals surface area contributed by atoms with Gasteiger partial charge in [0, 0.05) is 19.1 Å². The van der Waals surface area contributed by atoms with Crippen molar-refractivity contribution in [3.63, 3.8) is 0 Å². The highest BCUT2D eigenvalue weighted by atomic mass is 32.2. The van der Waals surface area contributed by atoms with Crippen LogP contribution in [0.25, 0.3) is 0 Å². The minimum Gasteiger partial charge on any atom is -0.390 e. The van der Waals surface area contributed by atoms with Gasteiger partial charge >= 0.3 is 0 Å². The van der Waals surface area contributed by atoms with E-state index in [4.69, 9.17) is 0 Å². The summed E-state index contributed by atoms with van der Waals surface area (Å²) in [6.07, 6.45) is 0.244. The molecular formula is C9H20N2O3S. The summed E-state index contributed by atoms with van der Waals surface area (Å²) < 4.78 is 22.5. The van der Waals surface area contributed by atoms with Crippen molar-refractivity contribution >= 4 is 9.84 Å². The molecule has 1 rings (SSSR count). The van der Waals surface area contributed by atoms with Gasteiger partial charge in [-0.25, -0.2) is 8.42 Å². The van der Waals surface area contributed by atoms with Crippen molar-refractivity contribution in [2.24, 2.45) is 0 Å². The number of aliphatic hydroxyl groups excluding tert-OH is 1. The summed E-state index contributed by atoms with van der Waals surface area (Å²) in [6.45, 7) is 1.05. The summed E-state index contributed by atoms with van der Waals surface area (Å²) in [6, 6.07) is 0.0708. The van der Waals surface area contributed by atoms with Crippen molar-refractivity contribution in [1.82, 2.24) is 10.2 Å². The summed E-state index contributed by atoms with van der Waals surface area (Å²) in [5.41, 5.74) is 0. The molecule has 0 aromatic heterocycles. The number of hydrogen-bond acceptors (Lipinski definition) is 5. The Morgan fingerprint density at radius 1 is 1.60 bits per heavy atom. The van der Waals surface area contributed by atoms with E-state index in [2.05, 4.69) is 5.32 Å². The quantitative estimate of drug-likeness (QED) is 0.620. The number of aliphatic hydroxyl groups is 1. The molecule has 1 heterocycles. The third-order valence-electron chi connectivity index (χ3n) is 2.77. The number of hydrogen-bond donors (Lipinski definition) is 2. The fourth-order valence-corrected chi connectivity index (χ4v) is 3.71. The smallest absolute Gasteiger partial charge is 0.151 e. The lowest BCUT2D eigenvalue weighted by Gasteiger charge is -2.25. The highest BCUT2D eigenvalue weighted by Gasteiger charge is 2.30. The van der Waals surface area contributed by atoms with Gasteiger partial charge in [-0.05, 0) is 20.5 Å². The van der Waals surface area contributed by atoms with Gasteiger partial charge in [-0.15, -0.1) is 0 Å². The number of rotatable bonds is 5. The Kier molecular flexibility index (Phi) is 4.51. The first-order valence-electron chi connectivity index (χ1n) is 5.18. The molecule has 1 aliphatic heterocycles. The first-order valence-corrected chi connectivity index (χ1v) is 7.00. The number of nitrogens with one attached hydrogen (secondary N) is 1. The molecule has 1 saturated heterocycles. The van der Waals surface area contributed by atoms with E-state index in [0.29, 0.717) is 19.5 Å². The predicted octanol–water partition coefficient (Wildman–Crippen LogP) is -1.31. The maximum Gasteiger partial charge on any atom is 0.151 e. The fraction of sp³-hybridized carbons (Fsp3) is 1.00. The lowest BCUT2D eigenvalue weighted by molar-refractivity contribution is 0.110. The van der Waals surface area contributed by atoms with Crippen LogP contribution in [0.4, 0.5) is 0 Å². The summed E-state index contributed by atoms with van der Waals surface area (Å²) in [5.74, 6) is 0.514. The molecule has 15 heavy (non-hydrogen) atoms. The van der Waals surface area contributed by atoms with Crippen LogP contribution in [0.5, 0.6) is 0 Å². The van der Waals surface area contributed by atoms with Crippen LogP contribution in [0.1, 0.15) is 6.42 Å². The van der Waals surface area contributed by atoms with E-state index >= 15 is 0 Å². The molecule has 0 aliphatic carbocycles. The van der Waals surface area contributed by atoms with Crippen LogP contribution in [0, 0.1) is 0 Å². The van der Waals surface area contributed by atoms with E-state index in [9.17, 15) is 13.5 Å². The summed E-state index contributed by atoms with van der Waals surface area (Å²) in [4.78, 5) is 1.94. The average Bonchev–Trinajstić information content (AvgIpc) is 2.46. The van der Waals surface area contributed by atoms with E-state index in [1.807, 2.05) is 11.9 Å². The molecule has 6 heteroatoms. The van der Waals surface area contributed by atoms with Gasteiger partial charge < -0.3 is 10.4 Å². The Balaban J connectivity index is 2.38. The Morgan fingerprint density at radius 2 is 2.27 bits per heavy atom. The van der Waals surface area contributed by atoms with Crippen molar-refractivity contribution in [1.29, 1.82) is 0 Å². The van der Waals surface area contributed by atoms with Gasteiger partial charge in [0.15, 0.2) is 9.84 Å². The molecule has 90 valence electrons. The third kappa shape index (κ3) is 4.06. The Labute approximate surface area is 91.4 Å². The second-order valence-corrected chi connectivity index (χ2v) is 6.44. The van der Waals surface area contributed by atoms with E-state index in [1.165, 1.54) is 0 Å². The van der Waals surface area contributed by atoms with E-state index in [1.54, 1.807) is 7.05 Å². The maximum atomic E-state index is 11.3. The Bertz CT molecular complexity index is 292. The fourth-order valence-electron chi connectivity index (χ4n) is 1.90. The first kappa shape index (κ1) is 12.9. The molecule has 2 N–H and O–H groups in total. The van der Waals surface area contributed by atoms with Crippen molar-refractivity contribution < 1.29 is 13.5 Å².